The average Bonchev–Trinajstić information content (AvgIpc) is 2.95. The molecule has 0 fully saturated rings. The number of halogens is 1. The first-order valence-corrected chi connectivity index (χ1v) is 6.92. The van der Waals surface area contributed by atoms with Crippen LogP contribution in [0.4, 0.5) is 4.39 Å². The highest BCUT2D eigenvalue weighted by Crippen LogP contribution is 2.38. The Morgan fingerprint density at radius 3 is 2.85 bits per heavy atom. The zero-order chi connectivity index (χ0) is 14.1. The Morgan fingerprint density at radius 1 is 1.20 bits per heavy atom. The van der Waals surface area contributed by atoms with Crippen LogP contribution in [0, 0.1) is 5.82 Å². The fourth-order valence-electron chi connectivity index (χ4n) is 2.61. The number of hydrogen-bond donors (Lipinski definition) is 1. The summed E-state index contributed by atoms with van der Waals surface area (Å²) in [5.74, 6) is 0.626. The number of nitrogens with one attached hydrogen (secondary N) is 1. The molecule has 0 amide bonds. The first-order valence-electron chi connectivity index (χ1n) is 6.92. The number of rotatable bonds is 3. The topological polar surface area (TPSA) is 21.3 Å². The predicted molar refractivity (Wildman–Crippen MR) is 78.5 cm³/mol. The van der Waals surface area contributed by atoms with E-state index < -0.39 is 0 Å². The summed E-state index contributed by atoms with van der Waals surface area (Å²) in [5.41, 5.74) is 3.69. The molecule has 1 atom stereocenters. The summed E-state index contributed by atoms with van der Waals surface area (Å²) in [5, 5.41) is 3.18. The SMILES string of the molecule is CNC(C)c1ccc(F)c(-c2cccc3c2OCC3)c1. The summed E-state index contributed by atoms with van der Waals surface area (Å²) < 4.78 is 19.9. The van der Waals surface area contributed by atoms with E-state index in [1.807, 2.05) is 37.4 Å². The van der Waals surface area contributed by atoms with Crippen LogP contribution in [0.25, 0.3) is 11.1 Å². The molecule has 1 heterocycles. The van der Waals surface area contributed by atoms with Crippen molar-refractivity contribution in [1.29, 1.82) is 0 Å². The number of hydrogen-bond acceptors (Lipinski definition) is 2. The Labute approximate surface area is 118 Å². The number of ether oxygens (including phenoxy) is 1. The fourth-order valence-corrected chi connectivity index (χ4v) is 2.61. The lowest BCUT2D eigenvalue weighted by atomic mass is 9.97. The summed E-state index contributed by atoms with van der Waals surface area (Å²) in [6, 6.07) is 11.4. The molecule has 1 N–H and O–H groups in total. The van der Waals surface area contributed by atoms with Crippen LogP contribution in [-0.2, 0) is 6.42 Å². The first-order chi connectivity index (χ1) is 9.70. The Kier molecular flexibility index (Phi) is 3.45. The molecule has 0 aromatic heterocycles. The molecular weight excluding hydrogens is 253 g/mol. The minimum atomic E-state index is -0.207. The van der Waals surface area contributed by atoms with Gasteiger partial charge in [-0.1, -0.05) is 24.3 Å². The van der Waals surface area contributed by atoms with Crippen LogP contribution in [0.3, 0.4) is 0 Å². The largest absolute Gasteiger partial charge is 0.492 e. The van der Waals surface area contributed by atoms with Gasteiger partial charge in [0.25, 0.3) is 0 Å². The van der Waals surface area contributed by atoms with Crippen molar-refractivity contribution in [3.63, 3.8) is 0 Å². The Balaban J connectivity index is 2.12. The lowest BCUT2D eigenvalue weighted by molar-refractivity contribution is 0.358. The van der Waals surface area contributed by atoms with E-state index in [1.54, 1.807) is 0 Å². The first kappa shape index (κ1) is 13.1. The lowest BCUT2D eigenvalue weighted by Gasteiger charge is -2.14. The molecule has 1 unspecified atom stereocenters. The van der Waals surface area contributed by atoms with Gasteiger partial charge in [0.2, 0.25) is 0 Å². The van der Waals surface area contributed by atoms with Gasteiger partial charge in [-0.3, -0.25) is 0 Å². The fraction of sp³-hybridized carbons (Fsp3) is 0.294. The van der Waals surface area contributed by atoms with Gasteiger partial charge in [-0.05, 0) is 37.2 Å². The second-order valence-corrected chi connectivity index (χ2v) is 5.14. The van der Waals surface area contributed by atoms with E-state index in [-0.39, 0.29) is 11.9 Å². The van der Waals surface area contributed by atoms with E-state index in [0.29, 0.717) is 12.2 Å². The highest BCUT2D eigenvalue weighted by molar-refractivity contribution is 5.74. The number of fused-ring (bicyclic) bond motifs is 1. The molecule has 1 aliphatic heterocycles. The van der Waals surface area contributed by atoms with E-state index in [1.165, 1.54) is 6.07 Å². The van der Waals surface area contributed by atoms with E-state index in [0.717, 1.165) is 28.9 Å². The van der Waals surface area contributed by atoms with Gasteiger partial charge in [0, 0.05) is 23.6 Å². The van der Waals surface area contributed by atoms with Crippen molar-refractivity contribution < 1.29 is 9.13 Å². The zero-order valence-corrected chi connectivity index (χ0v) is 11.7. The summed E-state index contributed by atoms with van der Waals surface area (Å²) in [4.78, 5) is 0. The van der Waals surface area contributed by atoms with Crippen LogP contribution in [-0.4, -0.2) is 13.7 Å². The molecule has 0 bridgehead atoms. The maximum Gasteiger partial charge on any atom is 0.131 e. The minimum Gasteiger partial charge on any atom is -0.492 e. The molecule has 0 spiro atoms. The van der Waals surface area contributed by atoms with Gasteiger partial charge >= 0.3 is 0 Å². The Morgan fingerprint density at radius 2 is 2.05 bits per heavy atom. The highest BCUT2D eigenvalue weighted by Gasteiger charge is 2.19. The molecule has 20 heavy (non-hydrogen) atoms. The van der Waals surface area contributed by atoms with Crippen molar-refractivity contribution in [3.8, 4) is 16.9 Å². The molecule has 0 radical (unpaired) electrons. The highest BCUT2D eigenvalue weighted by atomic mass is 19.1. The van der Waals surface area contributed by atoms with Crippen LogP contribution < -0.4 is 10.1 Å². The van der Waals surface area contributed by atoms with Gasteiger partial charge in [-0.25, -0.2) is 4.39 Å². The van der Waals surface area contributed by atoms with Crippen LogP contribution in [0.5, 0.6) is 5.75 Å². The van der Waals surface area contributed by atoms with Crippen molar-refractivity contribution in [1.82, 2.24) is 5.32 Å². The number of para-hydroxylation sites is 1. The summed E-state index contributed by atoms with van der Waals surface area (Å²) >= 11 is 0. The van der Waals surface area contributed by atoms with Crippen molar-refractivity contribution >= 4 is 0 Å². The standard InChI is InChI=1S/C17H18FNO/c1-11(19-2)13-6-7-16(18)15(10-13)14-5-3-4-12-8-9-20-17(12)14/h3-7,10-11,19H,8-9H2,1-2H3. The lowest BCUT2D eigenvalue weighted by Crippen LogP contribution is -2.12. The van der Waals surface area contributed by atoms with Crippen molar-refractivity contribution in [2.45, 2.75) is 19.4 Å². The third-order valence-corrected chi connectivity index (χ3v) is 3.93. The van der Waals surface area contributed by atoms with Crippen molar-refractivity contribution in [3.05, 3.63) is 53.3 Å². The van der Waals surface area contributed by atoms with Crippen molar-refractivity contribution in [2.24, 2.45) is 0 Å². The second kappa shape index (κ2) is 5.25. The van der Waals surface area contributed by atoms with Gasteiger partial charge in [0.15, 0.2) is 0 Å². The molecule has 0 saturated heterocycles. The molecule has 2 aromatic rings. The Bertz CT molecular complexity index is 639. The normalized spacial score (nSPS) is 14.8. The van der Waals surface area contributed by atoms with Crippen LogP contribution >= 0.6 is 0 Å². The maximum atomic E-state index is 14.2. The van der Waals surface area contributed by atoms with E-state index in [4.69, 9.17) is 4.74 Å². The minimum absolute atomic E-state index is 0.187. The summed E-state index contributed by atoms with van der Waals surface area (Å²) in [7, 11) is 1.90. The molecule has 3 rings (SSSR count). The molecule has 104 valence electrons. The monoisotopic (exact) mass is 271 g/mol. The van der Waals surface area contributed by atoms with Crippen LogP contribution in [0.1, 0.15) is 24.1 Å². The van der Waals surface area contributed by atoms with E-state index in [9.17, 15) is 4.39 Å². The molecule has 0 aliphatic carbocycles. The third-order valence-electron chi connectivity index (χ3n) is 3.93. The van der Waals surface area contributed by atoms with Crippen molar-refractivity contribution in [2.75, 3.05) is 13.7 Å². The van der Waals surface area contributed by atoms with Gasteiger partial charge in [0.05, 0.1) is 6.61 Å². The van der Waals surface area contributed by atoms with Gasteiger partial charge in [0.1, 0.15) is 11.6 Å². The Hall–Kier alpha value is -1.87. The summed E-state index contributed by atoms with van der Waals surface area (Å²) in [6.45, 7) is 2.74. The number of benzene rings is 2. The molecule has 3 heteroatoms. The average molecular weight is 271 g/mol. The quantitative estimate of drug-likeness (QED) is 0.919. The summed E-state index contributed by atoms with van der Waals surface area (Å²) in [6.07, 6.45) is 0.900. The van der Waals surface area contributed by atoms with Crippen LogP contribution in [0.2, 0.25) is 0 Å². The molecule has 2 aromatic carbocycles. The smallest absolute Gasteiger partial charge is 0.131 e. The molecule has 0 saturated carbocycles. The van der Waals surface area contributed by atoms with E-state index in [2.05, 4.69) is 12.2 Å². The molecular formula is C17H18FNO. The van der Waals surface area contributed by atoms with Crippen LogP contribution in [0.15, 0.2) is 36.4 Å². The third kappa shape index (κ3) is 2.18. The van der Waals surface area contributed by atoms with E-state index >= 15 is 0 Å². The van der Waals surface area contributed by atoms with Gasteiger partial charge in [-0.15, -0.1) is 0 Å². The zero-order valence-electron chi connectivity index (χ0n) is 11.7. The molecule has 2 nitrogen and oxygen atoms in total. The molecule has 1 aliphatic rings. The van der Waals surface area contributed by atoms with Gasteiger partial charge < -0.3 is 10.1 Å². The second-order valence-electron chi connectivity index (χ2n) is 5.14. The maximum absolute atomic E-state index is 14.2. The predicted octanol–water partition coefficient (Wildman–Crippen LogP) is 3.71. The van der Waals surface area contributed by atoms with Gasteiger partial charge in [-0.2, -0.15) is 0 Å².